The van der Waals surface area contributed by atoms with Gasteiger partial charge in [0.2, 0.25) is 0 Å². The molecule has 2 N–H and O–H groups in total. The fourth-order valence-electron chi connectivity index (χ4n) is 2.25. The smallest absolute Gasteiger partial charge is 0.254 e. The standard InChI is InChI=1S/C15H23N3OS/c1-5-18(11(2)10-17(3)4)15(19)13-8-6-7-12(9-13)14(16)20/h6-9,11H,5,10H2,1-4H3,(H2,16,20). The molecule has 0 radical (unpaired) electrons. The molecule has 1 aromatic carbocycles. The average molecular weight is 293 g/mol. The van der Waals surface area contributed by atoms with E-state index >= 15 is 0 Å². The second-order valence-corrected chi connectivity index (χ2v) is 5.59. The van der Waals surface area contributed by atoms with Crippen LogP contribution in [0, 0.1) is 0 Å². The van der Waals surface area contributed by atoms with Gasteiger partial charge in [0, 0.05) is 30.3 Å². The Bertz CT molecular complexity index is 488. The topological polar surface area (TPSA) is 49.6 Å². The first-order chi connectivity index (χ1) is 9.36. The summed E-state index contributed by atoms with van der Waals surface area (Å²) in [5, 5.41) is 0. The average Bonchev–Trinajstić information content (AvgIpc) is 2.38. The summed E-state index contributed by atoms with van der Waals surface area (Å²) in [4.78, 5) is 16.8. The molecule has 0 aliphatic carbocycles. The Hall–Kier alpha value is -1.46. The van der Waals surface area contributed by atoms with E-state index in [1.807, 2.05) is 38.1 Å². The molecule has 0 aromatic heterocycles. The van der Waals surface area contributed by atoms with Gasteiger partial charge in [-0.15, -0.1) is 0 Å². The van der Waals surface area contributed by atoms with Crippen molar-refractivity contribution < 1.29 is 4.79 Å². The van der Waals surface area contributed by atoms with E-state index in [1.165, 1.54) is 0 Å². The Kier molecular flexibility index (Phi) is 6.10. The molecule has 0 fully saturated rings. The van der Waals surface area contributed by atoms with Crippen LogP contribution in [-0.2, 0) is 0 Å². The van der Waals surface area contributed by atoms with Gasteiger partial charge in [-0.3, -0.25) is 4.79 Å². The summed E-state index contributed by atoms with van der Waals surface area (Å²) in [6.07, 6.45) is 0. The van der Waals surface area contributed by atoms with Crippen molar-refractivity contribution in [3.8, 4) is 0 Å². The molecule has 0 saturated heterocycles. The number of rotatable bonds is 6. The minimum absolute atomic E-state index is 0.0138. The van der Waals surface area contributed by atoms with Gasteiger partial charge in [0.05, 0.1) is 0 Å². The van der Waals surface area contributed by atoms with Crippen molar-refractivity contribution >= 4 is 23.1 Å². The summed E-state index contributed by atoms with van der Waals surface area (Å²) in [5.74, 6) is 0.0138. The SMILES string of the molecule is CCN(C(=O)c1cccc(C(N)=S)c1)C(C)CN(C)C. The number of nitrogens with zero attached hydrogens (tertiary/aromatic N) is 2. The van der Waals surface area contributed by atoms with Crippen LogP contribution in [0.4, 0.5) is 0 Å². The van der Waals surface area contributed by atoms with Crippen molar-refractivity contribution in [2.24, 2.45) is 5.73 Å². The molecule has 0 spiro atoms. The van der Waals surface area contributed by atoms with Gasteiger partial charge in [0.25, 0.3) is 5.91 Å². The van der Waals surface area contributed by atoms with Crippen LogP contribution in [0.25, 0.3) is 0 Å². The second-order valence-electron chi connectivity index (χ2n) is 5.15. The Morgan fingerprint density at radius 1 is 1.35 bits per heavy atom. The van der Waals surface area contributed by atoms with Crippen LogP contribution in [0.5, 0.6) is 0 Å². The maximum Gasteiger partial charge on any atom is 0.254 e. The van der Waals surface area contributed by atoms with E-state index < -0.39 is 0 Å². The van der Waals surface area contributed by atoms with E-state index in [4.69, 9.17) is 18.0 Å². The van der Waals surface area contributed by atoms with Crippen LogP contribution in [0.1, 0.15) is 29.8 Å². The number of benzene rings is 1. The zero-order valence-electron chi connectivity index (χ0n) is 12.6. The zero-order chi connectivity index (χ0) is 15.3. The van der Waals surface area contributed by atoms with Gasteiger partial charge in [-0.2, -0.15) is 0 Å². The number of amides is 1. The van der Waals surface area contributed by atoms with Gasteiger partial charge in [-0.25, -0.2) is 0 Å². The largest absolute Gasteiger partial charge is 0.389 e. The number of carbonyl (C=O) groups is 1. The van der Waals surface area contributed by atoms with Crippen molar-refractivity contribution in [3.05, 3.63) is 35.4 Å². The third kappa shape index (κ3) is 4.28. The van der Waals surface area contributed by atoms with Crippen LogP contribution in [0.2, 0.25) is 0 Å². The van der Waals surface area contributed by atoms with Crippen molar-refractivity contribution in [1.29, 1.82) is 0 Å². The molecule has 1 aromatic rings. The summed E-state index contributed by atoms with van der Waals surface area (Å²) < 4.78 is 0. The summed E-state index contributed by atoms with van der Waals surface area (Å²) in [5.41, 5.74) is 6.97. The summed E-state index contributed by atoms with van der Waals surface area (Å²) in [7, 11) is 4.00. The van der Waals surface area contributed by atoms with Crippen LogP contribution < -0.4 is 5.73 Å². The van der Waals surface area contributed by atoms with Gasteiger partial charge in [0.15, 0.2) is 0 Å². The molecule has 4 nitrogen and oxygen atoms in total. The summed E-state index contributed by atoms with van der Waals surface area (Å²) in [6.45, 7) is 5.54. The van der Waals surface area contributed by atoms with Crippen molar-refractivity contribution in [3.63, 3.8) is 0 Å². The lowest BCUT2D eigenvalue weighted by Crippen LogP contribution is -2.43. The quantitative estimate of drug-likeness (QED) is 0.812. The second kappa shape index (κ2) is 7.36. The third-order valence-electron chi connectivity index (χ3n) is 3.16. The van der Waals surface area contributed by atoms with Gasteiger partial charge in [-0.1, -0.05) is 24.4 Å². The minimum atomic E-state index is 0.0138. The number of carbonyl (C=O) groups excluding carboxylic acids is 1. The van der Waals surface area contributed by atoms with Gasteiger partial charge < -0.3 is 15.5 Å². The predicted molar refractivity (Wildman–Crippen MR) is 87.1 cm³/mol. The maximum atomic E-state index is 12.6. The Labute approximate surface area is 126 Å². The normalized spacial score (nSPS) is 12.2. The summed E-state index contributed by atoms with van der Waals surface area (Å²) >= 11 is 4.96. The molecule has 1 unspecified atom stereocenters. The molecule has 5 heteroatoms. The van der Waals surface area contributed by atoms with Gasteiger partial charge in [0.1, 0.15) is 4.99 Å². The Morgan fingerprint density at radius 2 is 1.95 bits per heavy atom. The number of thiocarbonyl (C=S) groups is 1. The van der Waals surface area contributed by atoms with Gasteiger partial charge in [-0.05, 0) is 40.1 Å². The van der Waals surface area contributed by atoms with E-state index in [1.54, 1.807) is 12.1 Å². The fraction of sp³-hybridized carbons (Fsp3) is 0.467. The molecule has 0 bridgehead atoms. The van der Waals surface area contributed by atoms with E-state index in [9.17, 15) is 4.79 Å². The highest BCUT2D eigenvalue weighted by Crippen LogP contribution is 2.11. The van der Waals surface area contributed by atoms with Crippen LogP contribution >= 0.6 is 12.2 Å². The van der Waals surface area contributed by atoms with Crippen molar-refractivity contribution in [2.75, 3.05) is 27.2 Å². The van der Waals surface area contributed by atoms with Crippen molar-refractivity contribution in [1.82, 2.24) is 9.80 Å². The molecule has 0 aliphatic heterocycles. The molecule has 0 heterocycles. The first-order valence-corrected chi connectivity index (χ1v) is 7.13. The molecule has 110 valence electrons. The van der Waals surface area contributed by atoms with E-state index in [-0.39, 0.29) is 11.9 Å². The number of nitrogens with two attached hydrogens (primary N) is 1. The predicted octanol–water partition coefficient (Wildman–Crippen LogP) is 1.73. The monoisotopic (exact) mass is 293 g/mol. The lowest BCUT2D eigenvalue weighted by molar-refractivity contribution is 0.0679. The number of hydrogen-bond donors (Lipinski definition) is 1. The molecule has 1 atom stereocenters. The van der Waals surface area contributed by atoms with E-state index in [0.717, 1.165) is 12.1 Å². The highest BCUT2D eigenvalue weighted by molar-refractivity contribution is 7.80. The van der Waals surface area contributed by atoms with Crippen LogP contribution in [-0.4, -0.2) is 53.9 Å². The molecule has 1 rings (SSSR count). The lowest BCUT2D eigenvalue weighted by Gasteiger charge is -2.30. The minimum Gasteiger partial charge on any atom is -0.389 e. The maximum absolute atomic E-state index is 12.6. The number of hydrogen-bond acceptors (Lipinski definition) is 3. The Morgan fingerprint density at radius 3 is 2.45 bits per heavy atom. The molecular weight excluding hydrogens is 270 g/mol. The first-order valence-electron chi connectivity index (χ1n) is 6.72. The van der Waals surface area contributed by atoms with E-state index in [2.05, 4.69) is 11.8 Å². The van der Waals surface area contributed by atoms with Crippen molar-refractivity contribution in [2.45, 2.75) is 19.9 Å². The molecule has 0 aliphatic rings. The Balaban J connectivity index is 2.96. The number of likely N-dealkylation sites (N-methyl/N-ethyl adjacent to an activating group) is 2. The molecule has 1 amide bonds. The highest BCUT2D eigenvalue weighted by atomic mass is 32.1. The molecule has 0 saturated carbocycles. The van der Waals surface area contributed by atoms with Gasteiger partial charge >= 0.3 is 0 Å². The fourth-order valence-corrected chi connectivity index (χ4v) is 2.38. The van der Waals surface area contributed by atoms with E-state index in [0.29, 0.717) is 17.1 Å². The molecular formula is C15H23N3OS. The first kappa shape index (κ1) is 16.6. The molecule has 20 heavy (non-hydrogen) atoms. The zero-order valence-corrected chi connectivity index (χ0v) is 13.4. The highest BCUT2D eigenvalue weighted by Gasteiger charge is 2.20. The lowest BCUT2D eigenvalue weighted by atomic mass is 10.1. The summed E-state index contributed by atoms with van der Waals surface area (Å²) in [6, 6.07) is 7.34. The third-order valence-corrected chi connectivity index (χ3v) is 3.39. The van der Waals surface area contributed by atoms with Crippen LogP contribution in [0.3, 0.4) is 0 Å². The van der Waals surface area contributed by atoms with Crippen LogP contribution in [0.15, 0.2) is 24.3 Å².